The summed E-state index contributed by atoms with van der Waals surface area (Å²) >= 11 is 0. The summed E-state index contributed by atoms with van der Waals surface area (Å²) in [5.41, 5.74) is 0.755. The third-order valence-corrected chi connectivity index (χ3v) is 2.89. The molecule has 1 aromatic rings. The van der Waals surface area contributed by atoms with Gasteiger partial charge >= 0.3 is 6.09 Å². The van der Waals surface area contributed by atoms with Gasteiger partial charge in [0.1, 0.15) is 0 Å². The van der Waals surface area contributed by atoms with Crippen LogP contribution in [0.15, 0.2) is 29.2 Å². The molecule has 1 rings (SSSR count). The lowest BCUT2D eigenvalue weighted by molar-refractivity contribution is 0.151. The van der Waals surface area contributed by atoms with Gasteiger partial charge in [0.2, 0.25) is 10.0 Å². The fraction of sp³-hybridized carbons (Fsp3) is 0.300. The number of ether oxygens (including phenoxy) is 1. The highest BCUT2D eigenvalue weighted by Crippen LogP contribution is 2.08. The predicted molar refractivity (Wildman–Crippen MR) is 61.7 cm³/mol. The minimum Gasteiger partial charge on any atom is -0.450 e. The van der Waals surface area contributed by atoms with Crippen LogP contribution in [0.2, 0.25) is 0 Å². The third-order valence-electron chi connectivity index (χ3n) is 1.96. The second-order valence-electron chi connectivity index (χ2n) is 3.26. The van der Waals surface area contributed by atoms with Gasteiger partial charge in [0.05, 0.1) is 11.5 Å². The fourth-order valence-corrected chi connectivity index (χ4v) is 1.67. The van der Waals surface area contributed by atoms with Gasteiger partial charge in [0, 0.05) is 6.54 Å². The number of alkyl carbamates (subject to hydrolysis) is 1. The lowest BCUT2D eigenvalue weighted by atomic mass is 10.2. The number of hydrogen-bond donors (Lipinski definition) is 2. The lowest BCUT2D eigenvalue weighted by Crippen LogP contribution is -2.23. The molecule has 17 heavy (non-hydrogen) atoms. The standard InChI is InChI=1S/C10H14N2O4S/c1-2-16-10(13)12-7-8-3-5-9(6-4-8)17(11,14)15/h3-6H,2,7H2,1H3,(H,12,13)(H2,11,14,15). The second kappa shape index (κ2) is 5.65. The highest BCUT2D eigenvalue weighted by atomic mass is 32.2. The number of primary sulfonamides is 1. The quantitative estimate of drug-likeness (QED) is 0.825. The smallest absolute Gasteiger partial charge is 0.407 e. The van der Waals surface area contributed by atoms with Crippen LogP contribution in [0.3, 0.4) is 0 Å². The first-order chi connectivity index (χ1) is 7.93. The molecule has 0 aliphatic heterocycles. The van der Waals surface area contributed by atoms with Gasteiger partial charge in [0.15, 0.2) is 0 Å². The van der Waals surface area contributed by atoms with Crippen molar-refractivity contribution in [3.63, 3.8) is 0 Å². The maximum absolute atomic E-state index is 11.0. The number of hydrogen-bond acceptors (Lipinski definition) is 4. The van der Waals surface area contributed by atoms with E-state index in [1.807, 2.05) is 0 Å². The minimum absolute atomic E-state index is 0.0392. The zero-order valence-electron chi connectivity index (χ0n) is 9.34. The van der Waals surface area contributed by atoms with Crippen molar-refractivity contribution in [2.75, 3.05) is 6.61 Å². The summed E-state index contributed by atoms with van der Waals surface area (Å²) in [5.74, 6) is 0. The summed E-state index contributed by atoms with van der Waals surface area (Å²) in [6, 6.07) is 5.92. The van der Waals surface area contributed by atoms with Gasteiger partial charge in [-0.25, -0.2) is 18.4 Å². The summed E-state index contributed by atoms with van der Waals surface area (Å²) in [5, 5.41) is 7.47. The van der Waals surface area contributed by atoms with Crippen LogP contribution in [0.4, 0.5) is 4.79 Å². The van der Waals surface area contributed by atoms with Gasteiger partial charge in [-0.2, -0.15) is 0 Å². The summed E-state index contributed by atoms with van der Waals surface area (Å²) in [7, 11) is -3.67. The van der Waals surface area contributed by atoms with E-state index < -0.39 is 16.1 Å². The number of nitrogens with two attached hydrogens (primary N) is 1. The highest BCUT2D eigenvalue weighted by Gasteiger charge is 2.07. The number of nitrogens with one attached hydrogen (secondary N) is 1. The maximum atomic E-state index is 11.0. The Bertz CT molecular complexity index is 482. The van der Waals surface area contributed by atoms with Gasteiger partial charge < -0.3 is 10.1 Å². The molecule has 94 valence electrons. The van der Waals surface area contributed by atoms with Crippen molar-refractivity contribution in [3.8, 4) is 0 Å². The van der Waals surface area contributed by atoms with E-state index in [4.69, 9.17) is 5.14 Å². The Balaban J connectivity index is 2.60. The van der Waals surface area contributed by atoms with Crippen molar-refractivity contribution >= 4 is 16.1 Å². The molecule has 0 aromatic heterocycles. The SMILES string of the molecule is CCOC(=O)NCc1ccc(S(N)(=O)=O)cc1. The van der Waals surface area contributed by atoms with E-state index in [0.717, 1.165) is 5.56 Å². The Morgan fingerprint density at radius 3 is 2.41 bits per heavy atom. The molecule has 0 bridgehead atoms. The van der Waals surface area contributed by atoms with E-state index in [1.54, 1.807) is 19.1 Å². The van der Waals surface area contributed by atoms with Crippen LogP contribution in [0.1, 0.15) is 12.5 Å². The summed E-state index contributed by atoms with van der Waals surface area (Å²) in [4.78, 5) is 11.0. The first-order valence-electron chi connectivity index (χ1n) is 4.96. The van der Waals surface area contributed by atoms with Crippen LogP contribution in [-0.2, 0) is 21.3 Å². The van der Waals surface area contributed by atoms with Crippen LogP contribution in [0, 0.1) is 0 Å². The van der Waals surface area contributed by atoms with E-state index >= 15 is 0 Å². The Hall–Kier alpha value is -1.60. The highest BCUT2D eigenvalue weighted by molar-refractivity contribution is 7.89. The minimum atomic E-state index is -3.67. The average molecular weight is 258 g/mol. The number of carbonyl (C=O) groups is 1. The van der Waals surface area contributed by atoms with Crippen molar-refractivity contribution in [1.29, 1.82) is 0 Å². The van der Waals surface area contributed by atoms with E-state index in [9.17, 15) is 13.2 Å². The van der Waals surface area contributed by atoms with Gasteiger partial charge in [-0.1, -0.05) is 12.1 Å². The first kappa shape index (κ1) is 13.5. The Labute approximate surface area is 99.8 Å². The van der Waals surface area contributed by atoms with Gasteiger partial charge in [-0.15, -0.1) is 0 Å². The van der Waals surface area contributed by atoms with Crippen LogP contribution < -0.4 is 10.5 Å². The molecule has 0 radical (unpaired) electrons. The molecule has 0 saturated carbocycles. The summed E-state index contributed by atoms with van der Waals surface area (Å²) < 4.78 is 26.6. The number of carbonyl (C=O) groups excluding carboxylic acids is 1. The molecule has 0 aliphatic carbocycles. The molecular weight excluding hydrogens is 244 g/mol. The number of sulfonamides is 1. The largest absolute Gasteiger partial charge is 0.450 e. The predicted octanol–water partition coefficient (Wildman–Crippen LogP) is 0.580. The first-order valence-corrected chi connectivity index (χ1v) is 6.50. The van der Waals surface area contributed by atoms with E-state index in [1.165, 1.54) is 12.1 Å². The normalized spacial score (nSPS) is 10.9. The molecule has 7 heteroatoms. The Kier molecular flexibility index (Phi) is 4.47. The lowest BCUT2D eigenvalue weighted by Gasteiger charge is -2.05. The molecule has 0 fully saturated rings. The van der Waals surface area contributed by atoms with Crippen LogP contribution in [0.25, 0.3) is 0 Å². The maximum Gasteiger partial charge on any atom is 0.407 e. The molecule has 0 saturated heterocycles. The van der Waals surface area contributed by atoms with Crippen molar-refractivity contribution in [1.82, 2.24) is 5.32 Å². The number of rotatable bonds is 4. The van der Waals surface area contributed by atoms with E-state index in [2.05, 4.69) is 10.1 Å². The molecular formula is C10H14N2O4S. The topological polar surface area (TPSA) is 98.5 Å². The molecule has 0 atom stereocenters. The van der Waals surface area contributed by atoms with E-state index in [0.29, 0.717) is 6.61 Å². The Morgan fingerprint density at radius 1 is 1.35 bits per heavy atom. The molecule has 6 nitrogen and oxygen atoms in total. The molecule has 0 unspecified atom stereocenters. The second-order valence-corrected chi connectivity index (χ2v) is 4.82. The molecule has 3 N–H and O–H groups in total. The zero-order valence-corrected chi connectivity index (χ0v) is 10.2. The monoisotopic (exact) mass is 258 g/mol. The zero-order chi connectivity index (χ0) is 12.9. The summed E-state index contributed by atoms with van der Waals surface area (Å²) in [6.45, 7) is 2.28. The third kappa shape index (κ3) is 4.41. The van der Waals surface area contributed by atoms with E-state index in [-0.39, 0.29) is 11.4 Å². The average Bonchev–Trinajstić information content (AvgIpc) is 2.26. The van der Waals surface area contributed by atoms with Crippen LogP contribution >= 0.6 is 0 Å². The number of amides is 1. The van der Waals surface area contributed by atoms with Crippen molar-refractivity contribution in [3.05, 3.63) is 29.8 Å². The van der Waals surface area contributed by atoms with Gasteiger partial charge in [-0.3, -0.25) is 0 Å². The van der Waals surface area contributed by atoms with Gasteiger partial charge in [0.25, 0.3) is 0 Å². The van der Waals surface area contributed by atoms with Gasteiger partial charge in [-0.05, 0) is 24.6 Å². The fourth-order valence-electron chi connectivity index (χ4n) is 1.15. The molecule has 0 heterocycles. The van der Waals surface area contributed by atoms with Crippen LogP contribution in [-0.4, -0.2) is 21.1 Å². The molecule has 0 aliphatic rings. The number of benzene rings is 1. The van der Waals surface area contributed by atoms with Crippen LogP contribution in [0.5, 0.6) is 0 Å². The van der Waals surface area contributed by atoms with Crippen molar-refractivity contribution in [2.24, 2.45) is 5.14 Å². The van der Waals surface area contributed by atoms with Crippen molar-refractivity contribution in [2.45, 2.75) is 18.4 Å². The Morgan fingerprint density at radius 2 is 1.94 bits per heavy atom. The van der Waals surface area contributed by atoms with Crippen molar-refractivity contribution < 1.29 is 17.9 Å². The molecule has 0 spiro atoms. The summed E-state index contributed by atoms with van der Waals surface area (Å²) in [6.07, 6.45) is -0.511. The molecule has 1 aromatic carbocycles. The molecule has 1 amide bonds.